The Balaban J connectivity index is 1.71. The van der Waals surface area contributed by atoms with Gasteiger partial charge in [0.15, 0.2) is 5.13 Å². The SMILES string of the molecule is CCCN1CCc2c(sc(Nc3nc4c(F)cccc4s3)c2C(=O)OC)C1. The molecule has 0 spiro atoms. The molecule has 0 saturated carbocycles. The molecule has 1 N–H and O–H groups in total. The van der Waals surface area contributed by atoms with Gasteiger partial charge >= 0.3 is 5.97 Å². The van der Waals surface area contributed by atoms with Crippen LogP contribution in [-0.4, -0.2) is 36.1 Å². The fraction of sp³-hybridized carbons (Fsp3) is 0.368. The van der Waals surface area contributed by atoms with E-state index in [-0.39, 0.29) is 11.8 Å². The average molecular weight is 406 g/mol. The topological polar surface area (TPSA) is 54.5 Å². The van der Waals surface area contributed by atoms with Crippen molar-refractivity contribution in [1.29, 1.82) is 0 Å². The lowest BCUT2D eigenvalue weighted by atomic mass is 10.0. The van der Waals surface area contributed by atoms with Crippen LogP contribution in [0.15, 0.2) is 18.2 Å². The molecular formula is C19H20FN3O2S2. The quantitative estimate of drug-likeness (QED) is 0.618. The first kappa shape index (κ1) is 18.3. The van der Waals surface area contributed by atoms with E-state index in [1.54, 1.807) is 17.4 Å². The third kappa shape index (κ3) is 3.44. The molecule has 0 atom stereocenters. The van der Waals surface area contributed by atoms with E-state index >= 15 is 0 Å². The van der Waals surface area contributed by atoms with Crippen LogP contribution in [0.4, 0.5) is 14.5 Å². The second-order valence-electron chi connectivity index (χ2n) is 6.46. The molecule has 8 heteroatoms. The number of nitrogens with one attached hydrogen (secondary N) is 1. The summed E-state index contributed by atoms with van der Waals surface area (Å²) in [4.78, 5) is 20.4. The summed E-state index contributed by atoms with van der Waals surface area (Å²) < 4.78 is 19.7. The number of carbonyl (C=O) groups excluding carboxylic acids is 1. The van der Waals surface area contributed by atoms with Gasteiger partial charge in [-0.2, -0.15) is 0 Å². The zero-order valence-electron chi connectivity index (χ0n) is 15.2. The number of halogens is 1. The molecular weight excluding hydrogens is 385 g/mol. The number of nitrogens with zero attached hydrogens (tertiary/aromatic N) is 2. The first-order valence-electron chi connectivity index (χ1n) is 8.88. The molecule has 3 aromatic rings. The van der Waals surface area contributed by atoms with E-state index in [0.717, 1.165) is 47.7 Å². The number of methoxy groups -OCH3 is 1. The van der Waals surface area contributed by atoms with Crippen LogP contribution in [0.25, 0.3) is 10.2 Å². The largest absolute Gasteiger partial charge is 0.465 e. The smallest absolute Gasteiger partial charge is 0.341 e. The number of esters is 1. The van der Waals surface area contributed by atoms with Crippen LogP contribution in [0.3, 0.4) is 0 Å². The van der Waals surface area contributed by atoms with Crippen LogP contribution >= 0.6 is 22.7 Å². The minimum atomic E-state index is -0.342. The van der Waals surface area contributed by atoms with E-state index in [1.807, 2.05) is 6.07 Å². The number of rotatable bonds is 5. The number of ether oxygens (including phenoxy) is 1. The van der Waals surface area contributed by atoms with Crippen molar-refractivity contribution in [3.05, 3.63) is 40.0 Å². The van der Waals surface area contributed by atoms with Crippen molar-refractivity contribution in [2.75, 3.05) is 25.5 Å². The van der Waals surface area contributed by atoms with E-state index < -0.39 is 0 Å². The van der Waals surface area contributed by atoms with Crippen molar-refractivity contribution < 1.29 is 13.9 Å². The summed E-state index contributed by atoms with van der Waals surface area (Å²) in [6, 6.07) is 4.91. The number of carbonyl (C=O) groups is 1. The summed E-state index contributed by atoms with van der Waals surface area (Å²) in [6.07, 6.45) is 1.93. The number of aromatic nitrogens is 1. The van der Waals surface area contributed by atoms with Crippen molar-refractivity contribution in [2.45, 2.75) is 26.3 Å². The molecule has 2 aromatic heterocycles. The molecule has 1 aromatic carbocycles. The van der Waals surface area contributed by atoms with Crippen LogP contribution in [0.5, 0.6) is 0 Å². The lowest BCUT2D eigenvalue weighted by molar-refractivity contribution is 0.0600. The molecule has 142 valence electrons. The van der Waals surface area contributed by atoms with Crippen molar-refractivity contribution in [3.8, 4) is 0 Å². The lowest BCUT2D eigenvalue weighted by Crippen LogP contribution is -2.30. The third-order valence-electron chi connectivity index (χ3n) is 4.66. The van der Waals surface area contributed by atoms with Gasteiger partial charge in [0.2, 0.25) is 0 Å². The summed E-state index contributed by atoms with van der Waals surface area (Å²) in [5.74, 6) is -0.683. The highest BCUT2D eigenvalue weighted by Crippen LogP contribution is 2.40. The van der Waals surface area contributed by atoms with Gasteiger partial charge in [-0.1, -0.05) is 24.3 Å². The monoisotopic (exact) mass is 405 g/mol. The van der Waals surface area contributed by atoms with E-state index in [9.17, 15) is 9.18 Å². The summed E-state index contributed by atoms with van der Waals surface area (Å²) in [6.45, 7) is 5.00. The molecule has 4 rings (SSSR count). The molecule has 27 heavy (non-hydrogen) atoms. The normalized spacial score (nSPS) is 14.3. The number of benzene rings is 1. The molecule has 0 amide bonds. The highest BCUT2D eigenvalue weighted by atomic mass is 32.1. The van der Waals surface area contributed by atoms with Gasteiger partial charge in [0.1, 0.15) is 16.3 Å². The standard InChI is InChI=1S/C19H20FN3O2S2/c1-3-8-23-9-7-11-14(10-23)26-17(15(11)18(24)25-2)22-19-21-16-12(20)5-4-6-13(16)27-19/h4-6H,3,7-10H2,1-2H3,(H,21,22). The number of thiophene rings is 1. The number of hydrogen-bond acceptors (Lipinski definition) is 7. The zero-order chi connectivity index (χ0) is 19.0. The molecule has 0 aliphatic carbocycles. The van der Waals surface area contributed by atoms with Gasteiger partial charge in [-0.15, -0.1) is 11.3 Å². The Bertz CT molecular complexity index is 998. The molecule has 0 fully saturated rings. The Kier molecular flexibility index (Phi) is 5.12. The van der Waals surface area contributed by atoms with E-state index in [2.05, 4.69) is 22.1 Å². The highest BCUT2D eigenvalue weighted by Gasteiger charge is 2.28. The number of para-hydroxylation sites is 1. The maximum Gasteiger partial charge on any atom is 0.341 e. The van der Waals surface area contributed by atoms with Crippen molar-refractivity contribution in [3.63, 3.8) is 0 Å². The maximum absolute atomic E-state index is 13.9. The summed E-state index contributed by atoms with van der Waals surface area (Å²) in [5, 5.41) is 4.55. The maximum atomic E-state index is 13.9. The molecule has 1 aliphatic rings. The van der Waals surface area contributed by atoms with Crippen LogP contribution in [0.2, 0.25) is 0 Å². The Hall–Kier alpha value is -2.03. The van der Waals surface area contributed by atoms with Gasteiger partial charge < -0.3 is 10.1 Å². The van der Waals surface area contributed by atoms with E-state index in [4.69, 9.17) is 4.74 Å². The minimum absolute atomic E-state index is 0.341. The van der Waals surface area contributed by atoms with E-state index in [0.29, 0.717) is 16.2 Å². The summed E-state index contributed by atoms with van der Waals surface area (Å²) in [7, 11) is 1.40. The Morgan fingerprint density at radius 1 is 1.41 bits per heavy atom. The Morgan fingerprint density at radius 3 is 3.00 bits per heavy atom. The fourth-order valence-electron chi connectivity index (χ4n) is 3.44. The van der Waals surface area contributed by atoms with Crippen LogP contribution in [0.1, 0.15) is 34.1 Å². The van der Waals surface area contributed by atoms with E-state index in [1.165, 1.54) is 29.4 Å². The molecule has 1 aliphatic heterocycles. The second-order valence-corrected chi connectivity index (χ2v) is 8.59. The lowest BCUT2D eigenvalue weighted by Gasteiger charge is -2.26. The Labute approximate surface area is 164 Å². The number of anilines is 2. The molecule has 0 unspecified atom stereocenters. The summed E-state index contributed by atoms with van der Waals surface area (Å²) >= 11 is 2.93. The molecule has 0 bridgehead atoms. The van der Waals surface area contributed by atoms with Crippen molar-refractivity contribution >= 4 is 49.0 Å². The van der Waals surface area contributed by atoms with Gasteiger partial charge in [-0.3, -0.25) is 4.90 Å². The minimum Gasteiger partial charge on any atom is -0.465 e. The third-order valence-corrected chi connectivity index (χ3v) is 6.72. The highest BCUT2D eigenvalue weighted by molar-refractivity contribution is 7.23. The van der Waals surface area contributed by atoms with Crippen molar-refractivity contribution in [1.82, 2.24) is 9.88 Å². The van der Waals surface area contributed by atoms with Gasteiger partial charge in [0.05, 0.1) is 17.4 Å². The molecule has 0 saturated heterocycles. The predicted octanol–water partition coefficient (Wildman–Crippen LogP) is 4.80. The van der Waals surface area contributed by atoms with Crippen LogP contribution in [0, 0.1) is 5.82 Å². The van der Waals surface area contributed by atoms with Gasteiger partial charge in [0, 0.05) is 18.0 Å². The van der Waals surface area contributed by atoms with Crippen LogP contribution in [-0.2, 0) is 17.7 Å². The molecule has 5 nitrogen and oxygen atoms in total. The molecule has 0 radical (unpaired) electrons. The second kappa shape index (κ2) is 7.53. The van der Waals surface area contributed by atoms with Gasteiger partial charge in [-0.25, -0.2) is 14.2 Å². The number of thiazole rings is 1. The van der Waals surface area contributed by atoms with Crippen LogP contribution < -0.4 is 5.32 Å². The van der Waals surface area contributed by atoms with Gasteiger partial charge in [-0.05, 0) is 37.1 Å². The average Bonchev–Trinajstić information content (AvgIpc) is 3.22. The van der Waals surface area contributed by atoms with Crippen molar-refractivity contribution in [2.24, 2.45) is 0 Å². The Morgan fingerprint density at radius 2 is 2.26 bits per heavy atom. The zero-order valence-corrected chi connectivity index (χ0v) is 16.8. The molecule has 3 heterocycles. The number of fused-ring (bicyclic) bond motifs is 2. The predicted molar refractivity (Wildman–Crippen MR) is 108 cm³/mol. The fourth-order valence-corrected chi connectivity index (χ4v) is 5.66. The first-order valence-corrected chi connectivity index (χ1v) is 10.5. The first-order chi connectivity index (χ1) is 13.1. The number of hydrogen-bond donors (Lipinski definition) is 1. The summed E-state index contributed by atoms with van der Waals surface area (Å²) in [5.41, 5.74) is 2.00. The van der Waals surface area contributed by atoms with Gasteiger partial charge in [0.25, 0.3) is 0 Å².